The molecule has 110 valence electrons. The molecule has 5 heteroatoms. The maximum Gasteiger partial charge on any atom is 0.324 e. The van der Waals surface area contributed by atoms with Crippen LogP contribution in [0.4, 0.5) is 10.5 Å². The summed E-state index contributed by atoms with van der Waals surface area (Å²) in [5, 5.41) is 13.2. The van der Waals surface area contributed by atoms with E-state index in [2.05, 4.69) is 5.32 Å². The highest BCUT2D eigenvalue weighted by molar-refractivity contribution is 5.95. The van der Waals surface area contributed by atoms with Crippen LogP contribution in [-0.4, -0.2) is 48.8 Å². The van der Waals surface area contributed by atoms with Crippen LogP contribution in [-0.2, 0) is 0 Å². The molecule has 20 heavy (non-hydrogen) atoms. The lowest BCUT2D eigenvalue weighted by Crippen LogP contribution is -2.36. The number of aliphatic hydroxyl groups is 1. The van der Waals surface area contributed by atoms with E-state index in [0.717, 1.165) is 17.8 Å². The standard InChI is InChI=1S/C15H23N3O2/c1-11(2)17-8-9-18(15(17)20)13-7-5-4-6-12(13)14(19)10-16-3/h4-7,11,14,16,19H,8-10H2,1-3H3. The lowest BCUT2D eigenvalue weighted by Gasteiger charge is -2.24. The Balaban J connectivity index is 2.28. The zero-order valence-corrected chi connectivity index (χ0v) is 12.3. The minimum atomic E-state index is -0.614. The second kappa shape index (κ2) is 6.24. The Morgan fingerprint density at radius 2 is 2.00 bits per heavy atom. The number of benzene rings is 1. The molecule has 1 unspecified atom stereocenters. The van der Waals surface area contributed by atoms with E-state index < -0.39 is 6.10 Å². The van der Waals surface area contributed by atoms with E-state index in [-0.39, 0.29) is 12.1 Å². The lowest BCUT2D eigenvalue weighted by atomic mass is 10.1. The molecule has 2 amide bonds. The third kappa shape index (κ3) is 2.78. The Bertz CT molecular complexity index is 476. The number of carbonyl (C=O) groups excluding carboxylic acids is 1. The van der Waals surface area contributed by atoms with Gasteiger partial charge in [0.05, 0.1) is 11.8 Å². The van der Waals surface area contributed by atoms with Crippen LogP contribution in [0.25, 0.3) is 0 Å². The quantitative estimate of drug-likeness (QED) is 0.859. The van der Waals surface area contributed by atoms with Gasteiger partial charge in [0.1, 0.15) is 0 Å². The topological polar surface area (TPSA) is 55.8 Å². The van der Waals surface area contributed by atoms with Crippen molar-refractivity contribution in [3.8, 4) is 0 Å². The van der Waals surface area contributed by atoms with Gasteiger partial charge in [-0.3, -0.25) is 4.90 Å². The van der Waals surface area contributed by atoms with E-state index in [9.17, 15) is 9.90 Å². The van der Waals surface area contributed by atoms with Crippen molar-refractivity contribution >= 4 is 11.7 Å². The number of nitrogens with zero attached hydrogens (tertiary/aromatic N) is 2. The van der Waals surface area contributed by atoms with Gasteiger partial charge in [-0.15, -0.1) is 0 Å². The Kier molecular flexibility index (Phi) is 4.62. The zero-order valence-electron chi connectivity index (χ0n) is 12.3. The van der Waals surface area contributed by atoms with E-state index in [1.165, 1.54) is 0 Å². The molecule has 1 saturated heterocycles. The van der Waals surface area contributed by atoms with Crippen LogP contribution < -0.4 is 10.2 Å². The van der Waals surface area contributed by atoms with Crippen molar-refractivity contribution in [1.29, 1.82) is 0 Å². The first-order valence-corrected chi connectivity index (χ1v) is 7.06. The van der Waals surface area contributed by atoms with Gasteiger partial charge in [-0.2, -0.15) is 0 Å². The summed E-state index contributed by atoms with van der Waals surface area (Å²) in [6.07, 6.45) is -0.614. The molecule has 1 aromatic carbocycles. The number of aliphatic hydroxyl groups excluding tert-OH is 1. The molecule has 0 aliphatic carbocycles. The number of amides is 2. The van der Waals surface area contributed by atoms with E-state index in [4.69, 9.17) is 0 Å². The number of urea groups is 1. The molecular weight excluding hydrogens is 254 g/mol. The third-order valence-electron chi connectivity index (χ3n) is 3.65. The van der Waals surface area contributed by atoms with Gasteiger partial charge in [-0.25, -0.2) is 4.79 Å². The zero-order chi connectivity index (χ0) is 14.7. The molecule has 1 aromatic rings. The Morgan fingerprint density at radius 1 is 1.30 bits per heavy atom. The monoisotopic (exact) mass is 277 g/mol. The summed E-state index contributed by atoms with van der Waals surface area (Å²) in [6.45, 7) is 5.90. The number of hydrogen-bond donors (Lipinski definition) is 2. The molecule has 2 rings (SSSR count). The first kappa shape index (κ1) is 14.8. The minimum Gasteiger partial charge on any atom is -0.387 e. The predicted octanol–water partition coefficient (Wildman–Crippen LogP) is 1.59. The summed E-state index contributed by atoms with van der Waals surface area (Å²) in [5.74, 6) is 0. The Labute approximate surface area is 120 Å². The van der Waals surface area contributed by atoms with Gasteiger partial charge in [0.2, 0.25) is 0 Å². The predicted molar refractivity (Wildman–Crippen MR) is 79.9 cm³/mol. The highest BCUT2D eigenvalue weighted by Gasteiger charge is 2.32. The third-order valence-corrected chi connectivity index (χ3v) is 3.65. The van der Waals surface area contributed by atoms with Crippen LogP contribution >= 0.6 is 0 Å². The van der Waals surface area contributed by atoms with Gasteiger partial charge in [-0.05, 0) is 27.0 Å². The van der Waals surface area contributed by atoms with E-state index >= 15 is 0 Å². The summed E-state index contributed by atoms with van der Waals surface area (Å²) in [6, 6.07) is 7.78. The first-order valence-electron chi connectivity index (χ1n) is 7.06. The second-order valence-corrected chi connectivity index (χ2v) is 5.35. The van der Waals surface area contributed by atoms with Crippen LogP contribution in [0.15, 0.2) is 24.3 Å². The van der Waals surface area contributed by atoms with Crippen molar-refractivity contribution in [3.63, 3.8) is 0 Å². The first-order chi connectivity index (χ1) is 9.56. The van der Waals surface area contributed by atoms with Gasteiger partial charge in [-0.1, -0.05) is 18.2 Å². The maximum absolute atomic E-state index is 12.4. The smallest absolute Gasteiger partial charge is 0.324 e. The maximum atomic E-state index is 12.4. The summed E-state index contributed by atoms with van der Waals surface area (Å²) in [4.78, 5) is 16.0. The normalized spacial score (nSPS) is 17.1. The second-order valence-electron chi connectivity index (χ2n) is 5.35. The molecule has 0 aromatic heterocycles. The molecule has 1 aliphatic heterocycles. The van der Waals surface area contributed by atoms with Crippen molar-refractivity contribution in [1.82, 2.24) is 10.2 Å². The molecule has 2 N–H and O–H groups in total. The number of carbonyl (C=O) groups is 1. The van der Waals surface area contributed by atoms with E-state index in [1.807, 2.05) is 43.0 Å². The van der Waals surface area contributed by atoms with Crippen LogP contribution in [0, 0.1) is 0 Å². The number of para-hydroxylation sites is 1. The number of nitrogens with one attached hydrogen (secondary N) is 1. The number of likely N-dealkylation sites (N-methyl/N-ethyl adjacent to an activating group) is 1. The number of hydrogen-bond acceptors (Lipinski definition) is 3. The van der Waals surface area contributed by atoms with Crippen molar-refractivity contribution in [3.05, 3.63) is 29.8 Å². The van der Waals surface area contributed by atoms with Crippen molar-refractivity contribution in [2.24, 2.45) is 0 Å². The van der Waals surface area contributed by atoms with Crippen LogP contribution in [0.5, 0.6) is 0 Å². The highest BCUT2D eigenvalue weighted by atomic mass is 16.3. The number of rotatable bonds is 5. The van der Waals surface area contributed by atoms with Gasteiger partial charge < -0.3 is 15.3 Å². The SMILES string of the molecule is CNCC(O)c1ccccc1N1CCN(C(C)C)C1=O. The molecule has 1 atom stereocenters. The summed E-state index contributed by atoms with van der Waals surface area (Å²) < 4.78 is 0. The van der Waals surface area contributed by atoms with Gasteiger partial charge in [0.25, 0.3) is 0 Å². The lowest BCUT2D eigenvalue weighted by molar-refractivity contribution is 0.178. The molecule has 1 fully saturated rings. The van der Waals surface area contributed by atoms with E-state index in [0.29, 0.717) is 13.1 Å². The van der Waals surface area contributed by atoms with Crippen molar-refractivity contribution in [2.75, 3.05) is 31.6 Å². The molecule has 1 heterocycles. The molecule has 5 nitrogen and oxygen atoms in total. The Hall–Kier alpha value is -1.59. The average molecular weight is 277 g/mol. The fourth-order valence-corrected chi connectivity index (χ4v) is 2.58. The molecular formula is C15H23N3O2. The average Bonchev–Trinajstić information content (AvgIpc) is 2.81. The van der Waals surface area contributed by atoms with Crippen molar-refractivity contribution in [2.45, 2.75) is 26.0 Å². The van der Waals surface area contributed by atoms with Crippen molar-refractivity contribution < 1.29 is 9.90 Å². The largest absolute Gasteiger partial charge is 0.387 e. The summed E-state index contributed by atoms with van der Waals surface area (Å²) in [5.41, 5.74) is 1.60. The molecule has 0 spiro atoms. The van der Waals surface area contributed by atoms with Crippen LogP contribution in [0.2, 0.25) is 0 Å². The molecule has 0 saturated carbocycles. The fourth-order valence-electron chi connectivity index (χ4n) is 2.58. The number of anilines is 1. The molecule has 1 aliphatic rings. The molecule has 0 bridgehead atoms. The highest BCUT2D eigenvalue weighted by Crippen LogP contribution is 2.29. The Morgan fingerprint density at radius 3 is 2.60 bits per heavy atom. The van der Waals surface area contributed by atoms with Crippen LogP contribution in [0.3, 0.4) is 0 Å². The minimum absolute atomic E-state index is 0.0177. The molecule has 0 radical (unpaired) electrons. The summed E-state index contributed by atoms with van der Waals surface area (Å²) >= 11 is 0. The van der Waals surface area contributed by atoms with E-state index in [1.54, 1.807) is 11.9 Å². The van der Waals surface area contributed by atoms with Gasteiger partial charge in [0, 0.05) is 31.2 Å². The van der Waals surface area contributed by atoms with Gasteiger partial charge in [0.15, 0.2) is 0 Å². The van der Waals surface area contributed by atoms with Crippen LogP contribution in [0.1, 0.15) is 25.5 Å². The summed E-state index contributed by atoms with van der Waals surface area (Å²) in [7, 11) is 1.80. The fraction of sp³-hybridized carbons (Fsp3) is 0.533. The van der Waals surface area contributed by atoms with Gasteiger partial charge >= 0.3 is 6.03 Å².